The highest BCUT2D eigenvalue weighted by Gasteiger charge is 2.35. The molecule has 0 radical (unpaired) electrons. The predicted octanol–water partition coefficient (Wildman–Crippen LogP) is 4.71. The number of carbonyl (C=O) groups excluding carboxylic acids is 4. The van der Waals surface area contributed by atoms with Crippen molar-refractivity contribution in [1.29, 1.82) is 0 Å². The summed E-state index contributed by atoms with van der Waals surface area (Å²) in [6.45, 7) is 1.14. The molecular formula is C29H26BrFN4O6. The number of para-hydroxylation sites is 1. The quantitative estimate of drug-likeness (QED) is 0.222. The maximum atomic E-state index is 13.1. The van der Waals surface area contributed by atoms with E-state index in [1.165, 1.54) is 37.5 Å². The van der Waals surface area contributed by atoms with Gasteiger partial charge in [-0.1, -0.05) is 25.1 Å². The largest absolute Gasteiger partial charge is 0.493 e. The van der Waals surface area contributed by atoms with Crippen molar-refractivity contribution in [2.24, 2.45) is 0 Å². The smallest absolute Gasteiger partial charge is 0.329 e. The van der Waals surface area contributed by atoms with Gasteiger partial charge in [-0.2, -0.15) is 0 Å². The molecule has 0 saturated carbocycles. The lowest BCUT2D eigenvalue weighted by Gasteiger charge is -2.14. The molecule has 41 heavy (non-hydrogen) atoms. The van der Waals surface area contributed by atoms with E-state index >= 15 is 0 Å². The molecule has 1 heterocycles. The number of carbonyl (C=O) groups is 4. The molecule has 0 spiro atoms. The van der Waals surface area contributed by atoms with E-state index in [1.54, 1.807) is 24.3 Å². The maximum absolute atomic E-state index is 13.1. The molecule has 212 valence electrons. The minimum absolute atomic E-state index is 0.0296. The van der Waals surface area contributed by atoms with Crippen molar-refractivity contribution in [1.82, 2.24) is 10.2 Å². The van der Waals surface area contributed by atoms with E-state index in [0.717, 1.165) is 10.5 Å². The Bertz CT molecular complexity index is 1530. The number of rotatable bonds is 10. The molecule has 0 bridgehead atoms. The fourth-order valence-corrected chi connectivity index (χ4v) is 4.57. The Morgan fingerprint density at radius 2 is 1.78 bits per heavy atom. The number of nitrogens with one attached hydrogen (secondary N) is 3. The second-order valence-corrected chi connectivity index (χ2v) is 9.67. The van der Waals surface area contributed by atoms with Crippen LogP contribution in [0, 0.1) is 5.82 Å². The highest BCUT2D eigenvalue weighted by molar-refractivity contribution is 9.10. The van der Waals surface area contributed by atoms with Crippen LogP contribution >= 0.6 is 15.9 Å². The van der Waals surface area contributed by atoms with Crippen molar-refractivity contribution in [2.75, 3.05) is 30.9 Å². The molecule has 3 N–H and O–H groups in total. The third kappa shape index (κ3) is 7.28. The maximum Gasteiger partial charge on any atom is 0.329 e. The Kier molecular flexibility index (Phi) is 9.35. The number of amides is 5. The van der Waals surface area contributed by atoms with Gasteiger partial charge in [-0.25, -0.2) is 14.1 Å². The molecule has 0 aromatic heterocycles. The van der Waals surface area contributed by atoms with Crippen molar-refractivity contribution in [2.45, 2.75) is 13.3 Å². The summed E-state index contributed by atoms with van der Waals surface area (Å²) in [7, 11) is 1.41. The summed E-state index contributed by atoms with van der Waals surface area (Å²) in [6.07, 6.45) is 2.14. The van der Waals surface area contributed by atoms with Gasteiger partial charge in [0.2, 0.25) is 5.91 Å². The number of imide groups is 1. The van der Waals surface area contributed by atoms with Crippen LogP contribution < -0.4 is 25.4 Å². The molecular weight excluding hydrogens is 599 g/mol. The van der Waals surface area contributed by atoms with Gasteiger partial charge in [0.05, 0.1) is 11.6 Å². The highest BCUT2D eigenvalue weighted by atomic mass is 79.9. The molecule has 3 aromatic rings. The van der Waals surface area contributed by atoms with Gasteiger partial charge in [0, 0.05) is 11.4 Å². The standard InChI is InChI=1S/C29H26BrFN4O6/c1-3-18-6-4-5-7-22(18)33-25(36)15-35-28(38)23(34-29(35)39)13-17-12-21(30)27(24(14-17)40-2)41-16-26(37)32-20-10-8-19(31)9-11-20/h4-14H,3,15-16H2,1-2H3,(H,32,37)(H,33,36)(H,34,39)/b23-13+. The first kappa shape index (κ1) is 29.3. The van der Waals surface area contributed by atoms with Crippen molar-refractivity contribution in [3.8, 4) is 11.5 Å². The number of anilines is 2. The number of halogens is 2. The Hall–Kier alpha value is -4.71. The van der Waals surface area contributed by atoms with Gasteiger partial charge in [-0.05, 0) is 82.0 Å². The van der Waals surface area contributed by atoms with Crippen molar-refractivity contribution >= 4 is 57.1 Å². The fraction of sp³-hybridized carbons (Fsp3) is 0.172. The average Bonchev–Trinajstić information content (AvgIpc) is 3.20. The topological polar surface area (TPSA) is 126 Å². The molecule has 1 saturated heterocycles. The number of hydrogen-bond acceptors (Lipinski definition) is 6. The van der Waals surface area contributed by atoms with Gasteiger partial charge in [0.25, 0.3) is 11.8 Å². The van der Waals surface area contributed by atoms with E-state index in [2.05, 4.69) is 31.9 Å². The Balaban J connectivity index is 1.42. The molecule has 3 aromatic carbocycles. The van der Waals surface area contributed by atoms with Crippen LogP contribution in [0.4, 0.5) is 20.6 Å². The van der Waals surface area contributed by atoms with E-state index in [0.29, 0.717) is 27.8 Å². The zero-order valence-corrected chi connectivity index (χ0v) is 23.7. The summed E-state index contributed by atoms with van der Waals surface area (Å²) in [5.74, 6) is -1.58. The van der Waals surface area contributed by atoms with Crippen LogP contribution in [-0.4, -0.2) is 48.9 Å². The summed E-state index contributed by atoms with van der Waals surface area (Å²) >= 11 is 3.38. The molecule has 4 rings (SSSR count). The fourth-order valence-electron chi connectivity index (χ4n) is 4.00. The normalized spacial score (nSPS) is 13.7. The van der Waals surface area contributed by atoms with Crippen LogP contribution in [-0.2, 0) is 20.8 Å². The van der Waals surface area contributed by atoms with E-state index in [-0.39, 0.29) is 23.8 Å². The number of methoxy groups -OCH3 is 1. The first-order valence-electron chi connectivity index (χ1n) is 12.5. The Morgan fingerprint density at radius 1 is 1.05 bits per heavy atom. The van der Waals surface area contributed by atoms with Gasteiger partial charge in [0.1, 0.15) is 18.1 Å². The van der Waals surface area contributed by atoms with Gasteiger partial charge < -0.3 is 25.4 Å². The highest BCUT2D eigenvalue weighted by Crippen LogP contribution is 2.37. The Labute approximate surface area is 243 Å². The minimum Gasteiger partial charge on any atom is -0.493 e. The van der Waals surface area contributed by atoms with Crippen molar-refractivity contribution < 1.29 is 33.0 Å². The van der Waals surface area contributed by atoms with Gasteiger partial charge >= 0.3 is 6.03 Å². The summed E-state index contributed by atoms with van der Waals surface area (Å²) in [5.41, 5.74) is 2.41. The van der Waals surface area contributed by atoms with Crippen LogP contribution in [0.5, 0.6) is 11.5 Å². The molecule has 0 unspecified atom stereocenters. The first-order chi connectivity index (χ1) is 19.7. The van der Waals surface area contributed by atoms with Crippen LogP contribution in [0.2, 0.25) is 0 Å². The second kappa shape index (κ2) is 13.1. The summed E-state index contributed by atoms with van der Waals surface area (Å²) in [5, 5.41) is 7.83. The molecule has 1 aliphatic rings. The lowest BCUT2D eigenvalue weighted by atomic mass is 10.1. The molecule has 0 atom stereocenters. The zero-order chi connectivity index (χ0) is 29.5. The van der Waals surface area contributed by atoms with Crippen molar-refractivity contribution in [3.05, 3.63) is 87.8 Å². The van der Waals surface area contributed by atoms with Crippen LogP contribution in [0.25, 0.3) is 6.08 Å². The molecule has 10 nitrogen and oxygen atoms in total. The second-order valence-electron chi connectivity index (χ2n) is 8.82. The monoisotopic (exact) mass is 624 g/mol. The van der Waals surface area contributed by atoms with E-state index in [4.69, 9.17) is 9.47 Å². The predicted molar refractivity (Wildman–Crippen MR) is 154 cm³/mol. The SMILES string of the molecule is CCc1ccccc1NC(=O)CN1C(=O)N/C(=C/c2cc(Br)c(OCC(=O)Nc3ccc(F)cc3)c(OC)c2)C1=O. The van der Waals surface area contributed by atoms with E-state index in [1.807, 2.05) is 19.1 Å². The van der Waals surface area contributed by atoms with Gasteiger partial charge in [-0.15, -0.1) is 0 Å². The first-order valence-corrected chi connectivity index (χ1v) is 13.3. The summed E-state index contributed by atoms with van der Waals surface area (Å²) in [6, 6.07) is 15.0. The Morgan fingerprint density at radius 3 is 2.49 bits per heavy atom. The molecule has 12 heteroatoms. The van der Waals surface area contributed by atoms with E-state index < -0.39 is 36.1 Å². The van der Waals surface area contributed by atoms with Crippen molar-refractivity contribution in [3.63, 3.8) is 0 Å². The lowest BCUT2D eigenvalue weighted by molar-refractivity contribution is -0.127. The lowest BCUT2D eigenvalue weighted by Crippen LogP contribution is -2.38. The van der Waals surface area contributed by atoms with Crippen LogP contribution in [0.1, 0.15) is 18.1 Å². The number of benzene rings is 3. The minimum atomic E-state index is -0.724. The summed E-state index contributed by atoms with van der Waals surface area (Å²) in [4.78, 5) is 51.1. The van der Waals surface area contributed by atoms with Crippen LogP contribution in [0.15, 0.2) is 70.8 Å². The van der Waals surface area contributed by atoms with Gasteiger partial charge in [-0.3, -0.25) is 14.4 Å². The molecule has 1 aliphatic heterocycles. The third-order valence-electron chi connectivity index (χ3n) is 5.97. The van der Waals surface area contributed by atoms with E-state index in [9.17, 15) is 23.6 Å². The number of hydrogen-bond donors (Lipinski definition) is 3. The number of nitrogens with zero attached hydrogens (tertiary/aromatic N) is 1. The average molecular weight is 625 g/mol. The van der Waals surface area contributed by atoms with Gasteiger partial charge in [0.15, 0.2) is 18.1 Å². The molecule has 5 amide bonds. The molecule has 0 aliphatic carbocycles. The number of urea groups is 1. The number of ether oxygens (including phenoxy) is 2. The van der Waals surface area contributed by atoms with Crippen LogP contribution in [0.3, 0.4) is 0 Å². The third-order valence-corrected chi connectivity index (χ3v) is 6.56. The molecule has 1 fully saturated rings. The summed E-state index contributed by atoms with van der Waals surface area (Å²) < 4.78 is 24.5. The number of aryl methyl sites for hydroxylation is 1. The zero-order valence-electron chi connectivity index (χ0n) is 22.1.